The number of hydrogen-bond acceptors (Lipinski definition) is 4. The first-order valence-corrected chi connectivity index (χ1v) is 10.2. The largest absolute Gasteiger partial charge is 0.465 e. The molecule has 1 heterocycles. The van der Waals surface area contributed by atoms with Gasteiger partial charge in [-0.2, -0.15) is 0 Å². The van der Waals surface area contributed by atoms with Crippen molar-refractivity contribution in [2.24, 2.45) is 0 Å². The Bertz CT molecular complexity index is 953. The molecule has 6 nitrogen and oxygen atoms in total. The topological polar surface area (TPSA) is 75.7 Å². The third-order valence-corrected chi connectivity index (χ3v) is 4.82. The highest BCUT2D eigenvalue weighted by Gasteiger charge is 2.33. The van der Waals surface area contributed by atoms with Crippen molar-refractivity contribution in [1.82, 2.24) is 5.32 Å². The number of fused-ring (bicyclic) bond motifs is 1. The average Bonchev–Trinajstić information content (AvgIpc) is 2.85. The molecule has 1 atom stereocenters. The normalized spacial score (nSPS) is 15.7. The summed E-state index contributed by atoms with van der Waals surface area (Å²) in [6.45, 7) is 3.63. The van der Waals surface area contributed by atoms with E-state index >= 15 is 0 Å². The van der Waals surface area contributed by atoms with Crippen LogP contribution in [0.3, 0.4) is 0 Å². The lowest BCUT2D eigenvalue weighted by Crippen LogP contribution is -2.49. The van der Waals surface area contributed by atoms with Crippen LogP contribution in [0.15, 0.2) is 60.7 Å². The van der Waals surface area contributed by atoms with Gasteiger partial charge in [-0.1, -0.05) is 55.5 Å². The van der Waals surface area contributed by atoms with Gasteiger partial charge in [0.25, 0.3) is 5.91 Å². The van der Waals surface area contributed by atoms with Crippen molar-refractivity contribution in [3.8, 4) is 0 Å². The van der Waals surface area contributed by atoms with E-state index in [0.29, 0.717) is 18.5 Å². The second kappa shape index (κ2) is 9.87. The van der Waals surface area contributed by atoms with Crippen LogP contribution in [0.25, 0.3) is 5.57 Å². The van der Waals surface area contributed by atoms with Gasteiger partial charge in [0.15, 0.2) is 0 Å². The van der Waals surface area contributed by atoms with E-state index in [9.17, 15) is 14.4 Å². The molecule has 0 aromatic heterocycles. The maximum atomic E-state index is 13.4. The quantitative estimate of drug-likeness (QED) is 0.716. The molecule has 156 valence electrons. The van der Waals surface area contributed by atoms with E-state index < -0.39 is 12.0 Å². The third-order valence-electron chi connectivity index (χ3n) is 4.82. The predicted molar refractivity (Wildman–Crippen MR) is 116 cm³/mol. The van der Waals surface area contributed by atoms with Crippen molar-refractivity contribution in [2.45, 2.75) is 32.7 Å². The number of ether oxygens (including phenoxy) is 1. The van der Waals surface area contributed by atoms with E-state index in [1.807, 2.05) is 55.5 Å². The summed E-state index contributed by atoms with van der Waals surface area (Å²) in [4.78, 5) is 39.4. The minimum absolute atomic E-state index is 0.207. The van der Waals surface area contributed by atoms with Gasteiger partial charge < -0.3 is 10.1 Å². The third kappa shape index (κ3) is 4.76. The number of nitrogens with one attached hydrogen (secondary N) is 1. The van der Waals surface area contributed by atoms with E-state index in [0.717, 1.165) is 16.7 Å². The second-order valence-corrected chi connectivity index (χ2v) is 6.99. The summed E-state index contributed by atoms with van der Waals surface area (Å²) in [6.07, 6.45) is 2.77. The molecule has 30 heavy (non-hydrogen) atoms. The van der Waals surface area contributed by atoms with Crippen LogP contribution in [-0.4, -0.2) is 37.0 Å². The molecule has 2 aromatic rings. The molecule has 0 saturated heterocycles. The van der Waals surface area contributed by atoms with Crippen LogP contribution in [0, 0.1) is 0 Å². The van der Waals surface area contributed by atoms with E-state index in [-0.39, 0.29) is 25.0 Å². The van der Waals surface area contributed by atoms with Crippen LogP contribution < -0.4 is 10.2 Å². The van der Waals surface area contributed by atoms with Gasteiger partial charge in [0, 0.05) is 12.0 Å². The number of benzene rings is 2. The number of rotatable bonds is 7. The number of amides is 2. The summed E-state index contributed by atoms with van der Waals surface area (Å²) in [5.41, 5.74) is 3.17. The van der Waals surface area contributed by atoms with Gasteiger partial charge in [-0.15, -0.1) is 0 Å². The molecule has 1 N–H and O–H groups in total. The fraction of sp³-hybridized carbons (Fsp3) is 0.292. The molecule has 0 bridgehead atoms. The zero-order valence-electron chi connectivity index (χ0n) is 17.3. The Balaban J connectivity index is 2.11. The highest BCUT2D eigenvalue weighted by Crippen LogP contribution is 2.35. The maximum Gasteiger partial charge on any atom is 0.326 e. The first-order chi connectivity index (χ1) is 14.5. The molecule has 2 amide bonds. The van der Waals surface area contributed by atoms with Gasteiger partial charge in [0.05, 0.1) is 12.3 Å². The van der Waals surface area contributed by atoms with Crippen LogP contribution in [0.5, 0.6) is 0 Å². The van der Waals surface area contributed by atoms with E-state index in [2.05, 4.69) is 5.32 Å². The Morgan fingerprint density at radius 2 is 1.73 bits per heavy atom. The lowest BCUT2D eigenvalue weighted by molar-refractivity contribution is -0.142. The molecule has 0 spiro atoms. The predicted octanol–water partition coefficient (Wildman–Crippen LogP) is 3.31. The minimum Gasteiger partial charge on any atom is -0.465 e. The Hall–Kier alpha value is -3.41. The number of esters is 1. The van der Waals surface area contributed by atoms with Crippen molar-refractivity contribution < 1.29 is 19.1 Å². The van der Waals surface area contributed by atoms with E-state index in [1.165, 1.54) is 4.90 Å². The van der Waals surface area contributed by atoms with Crippen LogP contribution in [0.2, 0.25) is 0 Å². The number of hydrogen-bond donors (Lipinski definition) is 1. The first kappa shape index (κ1) is 21.3. The summed E-state index contributed by atoms with van der Waals surface area (Å²) < 4.78 is 5.08. The standard InChI is InChI=1S/C24H26N2O4/c1-3-10-22(27)25-20-15-19(17-11-6-5-7-12-17)18-13-8-9-14-21(18)26(24(20)29)16-23(28)30-4-2/h5-9,11-15,20H,3-4,10,16H2,1-2H3,(H,25,27). The number of carbonyl (C=O) groups excluding carboxylic acids is 3. The molecule has 3 rings (SSSR count). The van der Waals surface area contributed by atoms with Crippen LogP contribution in [-0.2, 0) is 19.1 Å². The molecule has 1 unspecified atom stereocenters. The van der Waals surface area contributed by atoms with Crippen molar-refractivity contribution in [3.05, 3.63) is 71.8 Å². The lowest BCUT2D eigenvalue weighted by atomic mass is 9.95. The molecule has 0 radical (unpaired) electrons. The average molecular weight is 406 g/mol. The van der Waals surface area contributed by atoms with Crippen molar-refractivity contribution >= 4 is 29.0 Å². The van der Waals surface area contributed by atoms with Crippen LogP contribution >= 0.6 is 0 Å². The number of anilines is 1. The van der Waals surface area contributed by atoms with Crippen LogP contribution in [0.1, 0.15) is 37.8 Å². The summed E-state index contributed by atoms with van der Waals surface area (Å²) in [5.74, 6) is -1.07. The molecule has 1 aliphatic heterocycles. The van der Waals surface area contributed by atoms with E-state index in [1.54, 1.807) is 19.1 Å². The molecule has 0 fully saturated rings. The zero-order valence-corrected chi connectivity index (χ0v) is 17.3. The Morgan fingerprint density at radius 3 is 2.43 bits per heavy atom. The monoisotopic (exact) mass is 406 g/mol. The summed E-state index contributed by atoms with van der Waals surface area (Å²) in [7, 11) is 0. The number of para-hydroxylation sites is 1. The van der Waals surface area contributed by atoms with Crippen molar-refractivity contribution in [3.63, 3.8) is 0 Å². The van der Waals surface area contributed by atoms with E-state index in [4.69, 9.17) is 4.74 Å². The smallest absolute Gasteiger partial charge is 0.326 e. The molecular weight excluding hydrogens is 380 g/mol. The van der Waals surface area contributed by atoms with Gasteiger partial charge in [-0.25, -0.2) is 0 Å². The number of nitrogens with zero attached hydrogens (tertiary/aromatic N) is 1. The second-order valence-electron chi connectivity index (χ2n) is 6.99. The fourth-order valence-corrected chi connectivity index (χ4v) is 3.50. The van der Waals surface area contributed by atoms with Crippen molar-refractivity contribution in [1.29, 1.82) is 0 Å². The molecule has 2 aromatic carbocycles. The highest BCUT2D eigenvalue weighted by atomic mass is 16.5. The van der Waals surface area contributed by atoms with Gasteiger partial charge in [-0.3, -0.25) is 19.3 Å². The van der Waals surface area contributed by atoms with Gasteiger partial charge in [0.2, 0.25) is 5.91 Å². The Morgan fingerprint density at radius 1 is 1.03 bits per heavy atom. The zero-order chi connectivity index (χ0) is 21.5. The SMILES string of the molecule is CCCC(=O)NC1C=C(c2ccccc2)c2ccccc2N(CC(=O)OCC)C1=O. The molecule has 6 heteroatoms. The molecule has 0 aliphatic carbocycles. The van der Waals surface area contributed by atoms with Gasteiger partial charge >= 0.3 is 5.97 Å². The Kier molecular flexibility index (Phi) is 7.01. The minimum atomic E-state index is -0.888. The maximum absolute atomic E-state index is 13.4. The fourth-order valence-electron chi connectivity index (χ4n) is 3.50. The molecule has 0 saturated carbocycles. The summed E-state index contributed by atoms with van der Waals surface area (Å²) in [5, 5.41) is 2.82. The number of carbonyl (C=O) groups is 3. The summed E-state index contributed by atoms with van der Waals surface area (Å²) >= 11 is 0. The lowest BCUT2D eigenvalue weighted by Gasteiger charge is -2.25. The highest BCUT2D eigenvalue weighted by molar-refractivity contribution is 6.09. The first-order valence-electron chi connectivity index (χ1n) is 10.2. The van der Waals surface area contributed by atoms with Gasteiger partial charge in [0.1, 0.15) is 12.6 Å². The van der Waals surface area contributed by atoms with Crippen LogP contribution in [0.4, 0.5) is 5.69 Å². The Labute approximate surface area is 176 Å². The van der Waals surface area contributed by atoms with Gasteiger partial charge in [-0.05, 0) is 36.6 Å². The summed E-state index contributed by atoms with van der Waals surface area (Å²) in [6, 6.07) is 16.2. The molecular formula is C24H26N2O4. The molecule has 1 aliphatic rings. The van der Waals surface area contributed by atoms with Crippen molar-refractivity contribution in [2.75, 3.05) is 18.1 Å².